The average Bonchev–Trinajstić information content (AvgIpc) is 2.93. The van der Waals surface area contributed by atoms with Crippen molar-refractivity contribution < 1.29 is 19.1 Å². The third-order valence-electron chi connectivity index (χ3n) is 3.65. The van der Waals surface area contributed by atoms with Crippen LogP contribution in [-0.4, -0.2) is 23.5 Å². The summed E-state index contributed by atoms with van der Waals surface area (Å²) >= 11 is 1.41. The van der Waals surface area contributed by atoms with Crippen LogP contribution in [-0.2, 0) is 4.79 Å². The Hall–Kier alpha value is -2.21. The predicted molar refractivity (Wildman–Crippen MR) is 92.9 cm³/mol. The molecule has 0 atom stereocenters. The quantitative estimate of drug-likeness (QED) is 0.701. The lowest BCUT2D eigenvalue weighted by molar-refractivity contribution is -0.137. The summed E-state index contributed by atoms with van der Waals surface area (Å²) in [5, 5.41) is 11.4. The SMILES string of the molecule is Cc1sc(C(=O)NCCCCCC(=O)O)cc1-c1ccc(F)cc1. The number of carbonyl (C=O) groups excluding carboxylic acids is 1. The number of carbonyl (C=O) groups is 2. The van der Waals surface area contributed by atoms with Crippen LogP contribution >= 0.6 is 11.3 Å². The second-order valence-electron chi connectivity index (χ2n) is 5.55. The van der Waals surface area contributed by atoms with E-state index in [0.29, 0.717) is 17.8 Å². The number of aliphatic carboxylic acids is 1. The number of halogens is 1. The molecule has 1 heterocycles. The van der Waals surface area contributed by atoms with E-state index in [2.05, 4.69) is 5.32 Å². The van der Waals surface area contributed by atoms with Crippen molar-refractivity contribution in [1.29, 1.82) is 0 Å². The highest BCUT2D eigenvalue weighted by Gasteiger charge is 2.13. The molecule has 4 nitrogen and oxygen atoms in total. The van der Waals surface area contributed by atoms with Gasteiger partial charge in [-0.15, -0.1) is 11.3 Å². The first-order chi connectivity index (χ1) is 11.5. The van der Waals surface area contributed by atoms with E-state index in [4.69, 9.17) is 5.11 Å². The van der Waals surface area contributed by atoms with Gasteiger partial charge in [-0.1, -0.05) is 18.6 Å². The number of unbranched alkanes of at least 4 members (excludes halogenated alkanes) is 2. The summed E-state index contributed by atoms with van der Waals surface area (Å²) < 4.78 is 13.0. The molecule has 0 aliphatic heterocycles. The zero-order valence-corrected chi connectivity index (χ0v) is 14.3. The van der Waals surface area contributed by atoms with E-state index >= 15 is 0 Å². The maximum Gasteiger partial charge on any atom is 0.303 e. The lowest BCUT2D eigenvalue weighted by Crippen LogP contribution is -2.23. The predicted octanol–water partition coefficient (Wildman–Crippen LogP) is 4.24. The molecular weight excluding hydrogens is 329 g/mol. The van der Waals surface area contributed by atoms with Crippen LogP contribution in [0.5, 0.6) is 0 Å². The molecule has 128 valence electrons. The van der Waals surface area contributed by atoms with Gasteiger partial charge >= 0.3 is 5.97 Å². The number of thiophene rings is 1. The van der Waals surface area contributed by atoms with E-state index < -0.39 is 5.97 Å². The molecule has 1 amide bonds. The van der Waals surface area contributed by atoms with Gasteiger partial charge in [-0.2, -0.15) is 0 Å². The minimum Gasteiger partial charge on any atom is -0.481 e. The van der Waals surface area contributed by atoms with Gasteiger partial charge in [0.25, 0.3) is 5.91 Å². The van der Waals surface area contributed by atoms with Crippen molar-refractivity contribution in [2.24, 2.45) is 0 Å². The number of nitrogens with one attached hydrogen (secondary N) is 1. The number of aryl methyl sites for hydroxylation is 1. The van der Waals surface area contributed by atoms with Crippen LogP contribution in [0.15, 0.2) is 30.3 Å². The molecule has 0 aliphatic rings. The number of hydrogen-bond acceptors (Lipinski definition) is 3. The van der Waals surface area contributed by atoms with Crippen LogP contribution in [0.3, 0.4) is 0 Å². The van der Waals surface area contributed by atoms with Crippen LogP contribution in [0.4, 0.5) is 4.39 Å². The molecule has 0 saturated heterocycles. The first-order valence-electron chi connectivity index (χ1n) is 7.83. The van der Waals surface area contributed by atoms with Gasteiger partial charge < -0.3 is 10.4 Å². The van der Waals surface area contributed by atoms with Gasteiger partial charge in [0.15, 0.2) is 0 Å². The molecule has 0 radical (unpaired) electrons. The largest absolute Gasteiger partial charge is 0.481 e. The maximum absolute atomic E-state index is 13.0. The highest BCUT2D eigenvalue weighted by molar-refractivity contribution is 7.14. The van der Waals surface area contributed by atoms with E-state index in [9.17, 15) is 14.0 Å². The number of hydrogen-bond donors (Lipinski definition) is 2. The zero-order valence-electron chi connectivity index (χ0n) is 13.5. The molecule has 0 aliphatic carbocycles. The molecule has 6 heteroatoms. The van der Waals surface area contributed by atoms with Crippen molar-refractivity contribution in [3.8, 4) is 11.1 Å². The normalized spacial score (nSPS) is 10.6. The fraction of sp³-hybridized carbons (Fsp3) is 0.333. The summed E-state index contributed by atoms with van der Waals surface area (Å²) in [6.07, 6.45) is 2.32. The Balaban J connectivity index is 1.88. The lowest BCUT2D eigenvalue weighted by Gasteiger charge is -2.03. The van der Waals surface area contributed by atoms with Crippen LogP contribution in [0.25, 0.3) is 11.1 Å². The Bertz CT molecular complexity index is 710. The minimum atomic E-state index is -0.790. The van der Waals surface area contributed by atoms with Crippen LogP contribution in [0, 0.1) is 12.7 Å². The third-order valence-corrected chi connectivity index (χ3v) is 4.70. The van der Waals surface area contributed by atoms with Crippen molar-refractivity contribution >= 4 is 23.2 Å². The summed E-state index contributed by atoms with van der Waals surface area (Å²) in [6.45, 7) is 2.47. The summed E-state index contributed by atoms with van der Waals surface area (Å²) in [7, 11) is 0. The van der Waals surface area contributed by atoms with E-state index in [1.165, 1.54) is 23.5 Å². The average molecular weight is 349 g/mol. The van der Waals surface area contributed by atoms with E-state index in [0.717, 1.165) is 28.8 Å². The molecule has 24 heavy (non-hydrogen) atoms. The first-order valence-corrected chi connectivity index (χ1v) is 8.65. The summed E-state index contributed by atoms with van der Waals surface area (Å²) in [4.78, 5) is 24.2. The maximum atomic E-state index is 13.0. The van der Waals surface area contributed by atoms with E-state index in [-0.39, 0.29) is 18.1 Å². The van der Waals surface area contributed by atoms with Gasteiger partial charge in [0.2, 0.25) is 0 Å². The number of amides is 1. The summed E-state index contributed by atoms with van der Waals surface area (Å²) in [6, 6.07) is 8.04. The first kappa shape index (κ1) is 18.1. The van der Waals surface area contributed by atoms with Crippen LogP contribution in [0.1, 0.15) is 40.2 Å². The molecule has 0 spiro atoms. The molecular formula is C18H20FNO3S. The van der Waals surface area contributed by atoms with Gasteiger partial charge in [0.05, 0.1) is 4.88 Å². The molecule has 2 N–H and O–H groups in total. The highest BCUT2D eigenvalue weighted by atomic mass is 32.1. The molecule has 2 aromatic rings. The number of carboxylic acid groups (broad SMARTS) is 1. The Morgan fingerprint density at radius 2 is 1.88 bits per heavy atom. The zero-order chi connectivity index (χ0) is 17.5. The number of carboxylic acids is 1. The van der Waals surface area contributed by atoms with Gasteiger partial charge in [0, 0.05) is 17.8 Å². The molecule has 1 aromatic heterocycles. The number of rotatable bonds is 8. The standard InChI is InChI=1S/C18H20FNO3S/c1-12-15(13-6-8-14(19)9-7-13)11-16(24-12)18(23)20-10-4-2-3-5-17(21)22/h6-9,11H,2-5,10H2,1H3,(H,20,23)(H,21,22). The molecule has 1 aromatic carbocycles. The van der Waals surface area contributed by atoms with Crippen molar-refractivity contribution in [3.05, 3.63) is 45.9 Å². The van der Waals surface area contributed by atoms with Gasteiger partial charge in [0.1, 0.15) is 5.82 Å². The van der Waals surface area contributed by atoms with Gasteiger partial charge in [-0.3, -0.25) is 9.59 Å². The molecule has 0 saturated carbocycles. The second kappa shape index (κ2) is 8.59. The minimum absolute atomic E-state index is 0.130. The summed E-state index contributed by atoms with van der Waals surface area (Å²) in [5.41, 5.74) is 1.82. The van der Waals surface area contributed by atoms with Gasteiger partial charge in [-0.25, -0.2) is 4.39 Å². The van der Waals surface area contributed by atoms with Gasteiger partial charge in [-0.05, 0) is 49.1 Å². The van der Waals surface area contributed by atoms with E-state index in [1.54, 1.807) is 12.1 Å². The Labute approximate surface area is 144 Å². The van der Waals surface area contributed by atoms with Crippen LogP contribution in [0.2, 0.25) is 0 Å². The van der Waals surface area contributed by atoms with Crippen molar-refractivity contribution in [2.75, 3.05) is 6.54 Å². The molecule has 0 unspecified atom stereocenters. The van der Waals surface area contributed by atoms with E-state index in [1.807, 2.05) is 13.0 Å². The highest BCUT2D eigenvalue weighted by Crippen LogP contribution is 2.31. The fourth-order valence-electron chi connectivity index (χ4n) is 2.38. The van der Waals surface area contributed by atoms with Crippen LogP contribution < -0.4 is 5.32 Å². The fourth-order valence-corrected chi connectivity index (χ4v) is 3.34. The van der Waals surface area contributed by atoms with Crippen molar-refractivity contribution in [2.45, 2.75) is 32.6 Å². The van der Waals surface area contributed by atoms with Crippen molar-refractivity contribution in [1.82, 2.24) is 5.32 Å². The third kappa shape index (κ3) is 5.16. The topological polar surface area (TPSA) is 66.4 Å². The second-order valence-corrected chi connectivity index (χ2v) is 6.80. The molecule has 0 fully saturated rings. The van der Waals surface area contributed by atoms with Crippen molar-refractivity contribution in [3.63, 3.8) is 0 Å². The Morgan fingerprint density at radius 1 is 1.17 bits per heavy atom. The molecule has 2 rings (SSSR count). The Kier molecular flexibility index (Phi) is 6.49. The monoisotopic (exact) mass is 349 g/mol. The smallest absolute Gasteiger partial charge is 0.303 e. The number of benzene rings is 1. The lowest BCUT2D eigenvalue weighted by atomic mass is 10.1. The molecule has 0 bridgehead atoms. The summed E-state index contributed by atoms with van der Waals surface area (Å²) in [5.74, 6) is -1.20. The Morgan fingerprint density at radius 3 is 2.54 bits per heavy atom.